The lowest BCUT2D eigenvalue weighted by atomic mass is 10.1. The van der Waals surface area contributed by atoms with Crippen molar-refractivity contribution in [1.29, 1.82) is 0 Å². The van der Waals surface area contributed by atoms with Crippen molar-refractivity contribution in [2.45, 2.75) is 37.5 Å². The smallest absolute Gasteiger partial charge is 0.273 e. The largest absolute Gasteiger partial charge is 0.495 e. The van der Waals surface area contributed by atoms with Gasteiger partial charge in [0.15, 0.2) is 0 Å². The topological polar surface area (TPSA) is 122 Å². The number of ether oxygens (including phenoxy) is 1. The molecular weight excluding hydrogens is 508 g/mol. The molecule has 3 rings (SSSR count). The molecule has 0 aromatic heterocycles. The highest BCUT2D eigenvalue weighted by molar-refractivity contribution is 7.92. The summed E-state index contributed by atoms with van der Waals surface area (Å²) in [6.45, 7) is 4.33. The quantitative estimate of drug-likeness (QED) is 0.262. The van der Waals surface area contributed by atoms with Crippen molar-refractivity contribution in [2.24, 2.45) is 0 Å². The highest BCUT2D eigenvalue weighted by Gasteiger charge is 2.31. The summed E-state index contributed by atoms with van der Waals surface area (Å²) in [4.78, 5) is 25.7. The summed E-state index contributed by atoms with van der Waals surface area (Å²) in [5.41, 5.74) is 0.0326. The molecule has 0 aliphatic carbocycles. The maximum absolute atomic E-state index is 13.7. The Morgan fingerprint density at radius 3 is 2.58 bits per heavy atom. The second-order valence-corrected chi connectivity index (χ2v) is 10.9. The van der Waals surface area contributed by atoms with Gasteiger partial charge in [-0.25, -0.2) is 8.42 Å². The van der Waals surface area contributed by atoms with Crippen LogP contribution in [0.4, 0.5) is 11.4 Å². The van der Waals surface area contributed by atoms with Crippen LogP contribution in [0.1, 0.15) is 31.2 Å². The number of carbonyl (C=O) groups is 1. The first-order valence-electron chi connectivity index (χ1n) is 11.7. The van der Waals surface area contributed by atoms with E-state index in [0.29, 0.717) is 12.1 Å². The van der Waals surface area contributed by atoms with Crippen molar-refractivity contribution >= 4 is 38.9 Å². The first-order valence-corrected chi connectivity index (χ1v) is 13.6. The molecule has 0 bridgehead atoms. The molecule has 0 unspecified atom stereocenters. The molecule has 10 nitrogen and oxygen atoms in total. The van der Waals surface area contributed by atoms with E-state index in [0.717, 1.165) is 36.4 Å². The molecule has 1 saturated heterocycles. The molecule has 12 heteroatoms. The van der Waals surface area contributed by atoms with Crippen LogP contribution in [0.25, 0.3) is 0 Å². The number of carbonyl (C=O) groups excluding carboxylic acids is 1. The molecule has 1 heterocycles. The number of sulfonamides is 1. The molecule has 0 radical (unpaired) electrons. The summed E-state index contributed by atoms with van der Waals surface area (Å²) in [5, 5.41) is 14.4. The van der Waals surface area contributed by atoms with Crippen LogP contribution in [-0.2, 0) is 14.8 Å². The third kappa shape index (κ3) is 6.86. The van der Waals surface area contributed by atoms with Crippen LogP contribution < -0.4 is 14.4 Å². The minimum Gasteiger partial charge on any atom is -0.495 e. The molecule has 0 saturated carbocycles. The van der Waals surface area contributed by atoms with Crippen LogP contribution in [0, 0.1) is 17.0 Å². The predicted molar refractivity (Wildman–Crippen MR) is 138 cm³/mol. The number of nitro groups is 1. The molecule has 1 aliphatic heterocycles. The summed E-state index contributed by atoms with van der Waals surface area (Å²) >= 11 is 6.14. The number of anilines is 1. The molecular formula is C24H31ClN4O6S. The predicted octanol–water partition coefficient (Wildman–Crippen LogP) is 3.75. The van der Waals surface area contributed by atoms with E-state index in [-0.39, 0.29) is 27.0 Å². The summed E-state index contributed by atoms with van der Waals surface area (Å²) in [7, 11) is -3.03. The molecule has 2 aromatic carbocycles. The Labute approximate surface area is 216 Å². The van der Waals surface area contributed by atoms with Crippen molar-refractivity contribution in [1.82, 2.24) is 10.2 Å². The van der Waals surface area contributed by atoms with Gasteiger partial charge in [-0.15, -0.1) is 0 Å². The van der Waals surface area contributed by atoms with Crippen molar-refractivity contribution in [3.05, 3.63) is 57.1 Å². The number of aryl methyl sites for hydroxylation is 1. The number of hydrogen-bond donors (Lipinski definition) is 1. The van der Waals surface area contributed by atoms with Crippen LogP contribution in [-0.4, -0.2) is 64.0 Å². The van der Waals surface area contributed by atoms with E-state index in [1.807, 2.05) is 0 Å². The minimum absolute atomic E-state index is 0.0525. The monoisotopic (exact) mass is 538 g/mol. The van der Waals surface area contributed by atoms with E-state index in [1.165, 1.54) is 63.6 Å². The number of nitro benzene ring substituents is 1. The van der Waals surface area contributed by atoms with Gasteiger partial charge < -0.3 is 15.0 Å². The van der Waals surface area contributed by atoms with Gasteiger partial charge in [-0.2, -0.15) is 0 Å². The average molecular weight is 539 g/mol. The Kier molecular flexibility index (Phi) is 9.52. The van der Waals surface area contributed by atoms with Gasteiger partial charge in [-0.05, 0) is 70.1 Å². The number of methoxy groups -OCH3 is 1. The Balaban J connectivity index is 1.85. The van der Waals surface area contributed by atoms with Crippen LogP contribution in [0.15, 0.2) is 41.3 Å². The normalized spacial score (nSPS) is 14.3. The number of hydrogen-bond acceptors (Lipinski definition) is 7. The van der Waals surface area contributed by atoms with Gasteiger partial charge in [-0.3, -0.25) is 19.2 Å². The zero-order chi connectivity index (χ0) is 26.3. The number of nitrogens with zero attached hydrogens (tertiary/aromatic N) is 3. The van der Waals surface area contributed by atoms with Gasteiger partial charge in [0.25, 0.3) is 15.7 Å². The summed E-state index contributed by atoms with van der Waals surface area (Å²) < 4.78 is 33.6. The number of likely N-dealkylation sites (tertiary alicyclic amines) is 1. The molecule has 0 atom stereocenters. The lowest BCUT2D eigenvalue weighted by Crippen LogP contribution is -2.42. The first-order chi connectivity index (χ1) is 17.1. The maximum Gasteiger partial charge on any atom is 0.273 e. The van der Waals surface area contributed by atoms with Gasteiger partial charge in [0, 0.05) is 23.2 Å². The van der Waals surface area contributed by atoms with E-state index in [1.54, 1.807) is 0 Å². The third-order valence-electron chi connectivity index (χ3n) is 6.08. The average Bonchev–Trinajstić information content (AvgIpc) is 2.85. The van der Waals surface area contributed by atoms with Gasteiger partial charge in [0.1, 0.15) is 12.3 Å². The SMILES string of the molecule is COc1ccc(Cl)cc1N(CC(=O)NCCCN1CCCCC1)S(=O)(=O)c1ccc(C)c([N+](=O)[O-])c1. The second kappa shape index (κ2) is 12.4. The Morgan fingerprint density at radius 1 is 1.19 bits per heavy atom. The molecule has 1 aliphatic rings. The number of piperidine rings is 1. The molecule has 36 heavy (non-hydrogen) atoms. The molecule has 1 amide bonds. The van der Waals surface area contributed by atoms with Crippen molar-refractivity contribution in [2.75, 3.05) is 44.1 Å². The maximum atomic E-state index is 13.7. The number of nitrogens with one attached hydrogen (secondary N) is 1. The highest BCUT2D eigenvalue weighted by Crippen LogP contribution is 2.35. The Bertz CT molecular complexity index is 1200. The van der Waals surface area contributed by atoms with E-state index >= 15 is 0 Å². The molecule has 2 aromatic rings. The lowest BCUT2D eigenvalue weighted by Gasteiger charge is -2.27. The van der Waals surface area contributed by atoms with E-state index in [4.69, 9.17) is 16.3 Å². The summed E-state index contributed by atoms with van der Waals surface area (Å²) in [6, 6.07) is 8.03. The van der Waals surface area contributed by atoms with Crippen LogP contribution >= 0.6 is 11.6 Å². The second-order valence-electron chi connectivity index (χ2n) is 8.64. The third-order valence-corrected chi connectivity index (χ3v) is 8.07. The van der Waals surface area contributed by atoms with Crippen LogP contribution in [0.5, 0.6) is 5.75 Å². The highest BCUT2D eigenvalue weighted by atomic mass is 35.5. The zero-order valence-corrected chi connectivity index (χ0v) is 22.0. The van der Waals surface area contributed by atoms with Crippen molar-refractivity contribution in [3.8, 4) is 5.75 Å². The van der Waals surface area contributed by atoms with E-state index < -0.39 is 27.4 Å². The first kappa shape index (κ1) is 27.7. The molecule has 196 valence electrons. The van der Waals surface area contributed by atoms with Crippen LogP contribution in [0.2, 0.25) is 5.02 Å². The molecule has 1 fully saturated rings. The number of amides is 1. The standard InChI is InChI=1S/C24H31ClN4O6S/c1-18-7-9-20(16-21(18)29(31)32)36(33,34)28(22-15-19(25)8-10-23(22)35-2)17-24(30)26-11-6-14-27-12-4-3-5-13-27/h7-10,15-16H,3-6,11-14,17H2,1-2H3,(H,26,30). The fourth-order valence-corrected chi connectivity index (χ4v) is 5.74. The fourth-order valence-electron chi connectivity index (χ4n) is 4.13. The fraction of sp³-hybridized carbons (Fsp3) is 0.458. The van der Waals surface area contributed by atoms with Crippen molar-refractivity contribution in [3.63, 3.8) is 0 Å². The minimum atomic E-state index is -4.40. The van der Waals surface area contributed by atoms with Crippen molar-refractivity contribution < 1.29 is 22.9 Å². The Morgan fingerprint density at radius 2 is 1.92 bits per heavy atom. The number of benzene rings is 2. The van der Waals surface area contributed by atoms with Crippen LogP contribution in [0.3, 0.4) is 0 Å². The van der Waals surface area contributed by atoms with E-state index in [9.17, 15) is 23.3 Å². The van der Waals surface area contributed by atoms with Gasteiger partial charge in [-0.1, -0.05) is 24.1 Å². The summed E-state index contributed by atoms with van der Waals surface area (Å²) in [6.07, 6.45) is 4.34. The van der Waals surface area contributed by atoms with E-state index in [2.05, 4.69) is 10.2 Å². The molecule has 0 spiro atoms. The number of rotatable bonds is 11. The lowest BCUT2D eigenvalue weighted by molar-refractivity contribution is -0.385. The zero-order valence-electron chi connectivity index (χ0n) is 20.4. The Hall–Kier alpha value is -2.89. The number of halogens is 1. The summed E-state index contributed by atoms with van der Waals surface area (Å²) in [5.74, 6) is -0.330. The molecule has 1 N–H and O–H groups in total. The van der Waals surface area contributed by atoms with Gasteiger partial charge in [0.05, 0.1) is 22.6 Å². The van der Waals surface area contributed by atoms with Gasteiger partial charge >= 0.3 is 0 Å². The van der Waals surface area contributed by atoms with Gasteiger partial charge in [0.2, 0.25) is 5.91 Å².